The zero-order valence-corrected chi connectivity index (χ0v) is 7.43. The molecule has 0 unspecified atom stereocenters. The van der Waals surface area contributed by atoms with Crippen LogP contribution in [0.15, 0.2) is 12.1 Å². The lowest BCUT2D eigenvalue weighted by Crippen LogP contribution is -2.07. The van der Waals surface area contributed by atoms with Crippen molar-refractivity contribution in [3.8, 4) is 0 Å². The normalized spacial score (nSPS) is 11.8. The molecular weight excluding hydrogens is 231 g/mol. The Hall–Kier alpha value is -0.480. The minimum Gasteiger partial charge on any atom is -0.207 e. The third-order valence-electron chi connectivity index (χ3n) is 1.29. The van der Waals surface area contributed by atoms with Crippen molar-refractivity contribution >= 4 is 23.2 Å². The average Bonchev–Trinajstić information content (AvgIpc) is 1.78. The van der Waals surface area contributed by atoms with Gasteiger partial charge in [-0.3, -0.25) is 0 Å². The molecule has 1 aromatic rings. The summed E-state index contributed by atoms with van der Waals surface area (Å²) in [6.45, 7) is 0. The Labute approximate surface area is 81.1 Å². The summed E-state index contributed by atoms with van der Waals surface area (Å²) in [6.07, 6.45) is -4.66. The number of alkyl halides is 3. The first-order valence-corrected chi connectivity index (χ1v) is 3.79. The van der Waals surface area contributed by atoms with E-state index in [4.69, 9.17) is 23.2 Å². The van der Waals surface area contributed by atoms with Gasteiger partial charge in [0.25, 0.3) is 0 Å². The highest BCUT2D eigenvalue weighted by Crippen LogP contribution is 2.39. The molecular formula is C7H2Cl2F4. The first-order valence-electron chi connectivity index (χ1n) is 3.04. The Kier molecular flexibility index (Phi) is 2.73. The molecule has 0 aliphatic rings. The molecule has 6 heteroatoms. The highest BCUT2D eigenvalue weighted by atomic mass is 35.5. The molecule has 0 aromatic heterocycles. The summed E-state index contributed by atoms with van der Waals surface area (Å²) >= 11 is 10.3. The zero-order valence-electron chi connectivity index (χ0n) is 5.92. The van der Waals surface area contributed by atoms with E-state index in [0.717, 1.165) is 0 Å². The van der Waals surface area contributed by atoms with Gasteiger partial charge < -0.3 is 0 Å². The Morgan fingerprint density at radius 2 is 1.38 bits per heavy atom. The second kappa shape index (κ2) is 3.35. The minimum atomic E-state index is -4.66. The van der Waals surface area contributed by atoms with Gasteiger partial charge in [-0.15, -0.1) is 0 Å². The molecule has 0 amide bonds. The van der Waals surface area contributed by atoms with Gasteiger partial charge in [-0.1, -0.05) is 23.2 Å². The highest BCUT2D eigenvalue weighted by Gasteiger charge is 2.36. The number of benzene rings is 1. The van der Waals surface area contributed by atoms with Gasteiger partial charge in [0.15, 0.2) is 0 Å². The summed E-state index contributed by atoms with van der Waals surface area (Å²) in [5.74, 6) is -0.900. The van der Waals surface area contributed by atoms with Crippen LogP contribution < -0.4 is 0 Å². The van der Waals surface area contributed by atoms with E-state index in [1.165, 1.54) is 0 Å². The van der Waals surface area contributed by atoms with Gasteiger partial charge in [0.1, 0.15) is 5.82 Å². The van der Waals surface area contributed by atoms with Crippen molar-refractivity contribution in [1.29, 1.82) is 0 Å². The maximum Gasteiger partial charge on any atom is 0.419 e. The molecule has 0 nitrogen and oxygen atoms in total. The van der Waals surface area contributed by atoms with E-state index < -0.39 is 27.6 Å². The van der Waals surface area contributed by atoms with E-state index in [2.05, 4.69) is 0 Å². The summed E-state index contributed by atoms with van der Waals surface area (Å²) in [5.41, 5.74) is -1.21. The van der Waals surface area contributed by atoms with Crippen LogP contribution >= 0.6 is 23.2 Å². The van der Waals surface area contributed by atoms with Crippen LogP contribution in [-0.2, 0) is 6.18 Å². The first kappa shape index (κ1) is 10.6. The lowest BCUT2D eigenvalue weighted by atomic mass is 10.2. The highest BCUT2D eigenvalue weighted by molar-refractivity contribution is 6.36. The van der Waals surface area contributed by atoms with Crippen LogP contribution in [0.4, 0.5) is 17.6 Å². The van der Waals surface area contributed by atoms with Crippen LogP contribution in [0, 0.1) is 5.82 Å². The van der Waals surface area contributed by atoms with E-state index in [1.807, 2.05) is 0 Å². The molecule has 0 heterocycles. The molecule has 1 aromatic carbocycles. The fourth-order valence-corrected chi connectivity index (χ4v) is 1.49. The predicted octanol–water partition coefficient (Wildman–Crippen LogP) is 4.15. The van der Waals surface area contributed by atoms with E-state index in [1.54, 1.807) is 0 Å². The average molecular weight is 233 g/mol. The third kappa shape index (κ3) is 2.25. The van der Waals surface area contributed by atoms with Crippen LogP contribution in [0.2, 0.25) is 10.0 Å². The van der Waals surface area contributed by atoms with Crippen molar-refractivity contribution in [1.82, 2.24) is 0 Å². The van der Waals surface area contributed by atoms with Crippen LogP contribution in [-0.4, -0.2) is 0 Å². The SMILES string of the molecule is Fc1cc(Cl)c(C(F)(F)F)c(Cl)c1. The molecule has 72 valence electrons. The Morgan fingerprint density at radius 1 is 1.00 bits per heavy atom. The second-order valence-corrected chi connectivity index (χ2v) is 3.06. The first-order chi connectivity index (χ1) is 5.82. The summed E-state index contributed by atoms with van der Waals surface area (Å²) < 4.78 is 48.9. The molecule has 0 fully saturated rings. The van der Waals surface area contributed by atoms with Crippen molar-refractivity contribution in [2.75, 3.05) is 0 Å². The molecule has 0 atom stereocenters. The van der Waals surface area contributed by atoms with E-state index in [-0.39, 0.29) is 0 Å². The molecule has 1 rings (SSSR count). The second-order valence-electron chi connectivity index (χ2n) is 2.24. The number of halogens is 6. The van der Waals surface area contributed by atoms with Crippen molar-refractivity contribution in [3.05, 3.63) is 33.6 Å². The van der Waals surface area contributed by atoms with Gasteiger partial charge in [-0.05, 0) is 12.1 Å². The topological polar surface area (TPSA) is 0 Å². The van der Waals surface area contributed by atoms with Gasteiger partial charge in [0.2, 0.25) is 0 Å². The number of hydrogen-bond acceptors (Lipinski definition) is 0. The Bertz CT molecular complexity index is 309. The third-order valence-corrected chi connectivity index (χ3v) is 1.89. The lowest BCUT2D eigenvalue weighted by molar-refractivity contribution is -0.137. The zero-order chi connectivity index (χ0) is 10.2. The fourth-order valence-electron chi connectivity index (χ4n) is 0.813. The quantitative estimate of drug-likeness (QED) is 0.590. The van der Waals surface area contributed by atoms with E-state index >= 15 is 0 Å². The Morgan fingerprint density at radius 3 is 1.69 bits per heavy atom. The summed E-state index contributed by atoms with van der Waals surface area (Å²) in [5, 5.41) is -1.48. The molecule has 0 aliphatic carbocycles. The molecule has 0 saturated heterocycles. The molecule has 0 radical (unpaired) electrons. The van der Waals surface area contributed by atoms with Crippen LogP contribution in [0.5, 0.6) is 0 Å². The van der Waals surface area contributed by atoms with Gasteiger partial charge in [0.05, 0.1) is 15.6 Å². The van der Waals surface area contributed by atoms with Crippen molar-refractivity contribution < 1.29 is 17.6 Å². The Balaban J connectivity index is 3.38. The minimum absolute atomic E-state index is 0.566. The largest absolute Gasteiger partial charge is 0.419 e. The van der Waals surface area contributed by atoms with Gasteiger partial charge >= 0.3 is 6.18 Å². The monoisotopic (exact) mass is 232 g/mol. The van der Waals surface area contributed by atoms with Gasteiger partial charge in [-0.25, -0.2) is 4.39 Å². The fraction of sp³-hybridized carbons (Fsp3) is 0.143. The van der Waals surface area contributed by atoms with Crippen molar-refractivity contribution in [3.63, 3.8) is 0 Å². The van der Waals surface area contributed by atoms with Gasteiger partial charge in [0, 0.05) is 0 Å². The smallest absolute Gasteiger partial charge is 0.207 e. The molecule has 13 heavy (non-hydrogen) atoms. The summed E-state index contributed by atoms with van der Waals surface area (Å²) in [7, 11) is 0. The molecule has 0 bridgehead atoms. The molecule has 0 spiro atoms. The van der Waals surface area contributed by atoms with E-state index in [0.29, 0.717) is 12.1 Å². The van der Waals surface area contributed by atoms with Crippen LogP contribution in [0.1, 0.15) is 5.56 Å². The van der Waals surface area contributed by atoms with Gasteiger partial charge in [-0.2, -0.15) is 13.2 Å². The maximum atomic E-state index is 12.5. The van der Waals surface area contributed by atoms with Crippen molar-refractivity contribution in [2.45, 2.75) is 6.18 Å². The number of hydrogen-bond donors (Lipinski definition) is 0. The van der Waals surface area contributed by atoms with Crippen LogP contribution in [0.3, 0.4) is 0 Å². The summed E-state index contributed by atoms with van der Waals surface area (Å²) in [4.78, 5) is 0. The summed E-state index contributed by atoms with van der Waals surface area (Å²) in [6, 6.07) is 1.13. The lowest BCUT2D eigenvalue weighted by Gasteiger charge is -2.10. The molecule has 0 aliphatic heterocycles. The van der Waals surface area contributed by atoms with Crippen LogP contribution in [0.25, 0.3) is 0 Å². The maximum absolute atomic E-state index is 12.5. The number of rotatable bonds is 0. The standard InChI is InChI=1S/C7H2Cl2F4/c8-4-1-3(10)2-5(9)6(4)7(11,12)13/h1-2H. The van der Waals surface area contributed by atoms with E-state index in [9.17, 15) is 17.6 Å². The predicted molar refractivity (Wildman–Crippen MR) is 41.4 cm³/mol. The van der Waals surface area contributed by atoms with Crippen molar-refractivity contribution in [2.24, 2.45) is 0 Å². The molecule has 0 N–H and O–H groups in total. The molecule has 0 saturated carbocycles.